The number of carbonyl (C=O) groups excluding carboxylic acids is 1. The van der Waals surface area contributed by atoms with Crippen LogP contribution in [0.3, 0.4) is 0 Å². The lowest BCUT2D eigenvalue weighted by Gasteiger charge is -2.37. The van der Waals surface area contributed by atoms with Crippen LogP contribution < -0.4 is 0 Å². The third-order valence-corrected chi connectivity index (χ3v) is 4.69. The molecule has 3 rings (SSSR count). The van der Waals surface area contributed by atoms with Crippen LogP contribution in [0.1, 0.15) is 50.2 Å². The van der Waals surface area contributed by atoms with Crippen molar-refractivity contribution in [2.75, 3.05) is 6.61 Å². The number of benzene rings is 1. The van der Waals surface area contributed by atoms with Crippen molar-refractivity contribution in [1.29, 1.82) is 0 Å². The van der Waals surface area contributed by atoms with Crippen molar-refractivity contribution < 1.29 is 14.3 Å². The van der Waals surface area contributed by atoms with Crippen LogP contribution in [0.15, 0.2) is 24.3 Å². The van der Waals surface area contributed by atoms with Crippen molar-refractivity contribution in [3.05, 3.63) is 35.4 Å². The number of hydrogen-bond acceptors (Lipinski definition) is 3. The number of hydrogen-bond donors (Lipinski definition) is 0. The zero-order chi connectivity index (χ0) is 14.0. The minimum Gasteiger partial charge on any atom is -0.466 e. The molecule has 3 heteroatoms. The molecule has 1 fully saturated rings. The normalized spacial score (nSPS) is 28.4. The van der Waals surface area contributed by atoms with Crippen LogP contribution in [0.5, 0.6) is 0 Å². The van der Waals surface area contributed by atoms with Gasteiger partial charge in [0.1, 0.15) is 0 Å². The molecular weight excluding hydrogens is 252 g/mol. The van der Waals surface area contributed by atoms with E-state index < -0.39 is 0 Å². The van der Waals surface area contributed by atoms with Crippen LogP contribution in [0, 0.1) is 5.92 Å². The van der Waals surface area contributed by atoms with E-state index in [9.17, 15) is 4.79 Å². The third-order valence-electron chi connectivity index (χ3n) is 4.69. The second-order valence-corrected chi connectivity index (χ2v) is 5.89. The molecule has 1 heterocycles. The van der Waals surface area contributed by atoms with Crippen molar-refractivity contribution in [1.82, 2.24) is 0 Å². The van der Waals surface area contributed by atoms with Crippen molar-refractivity contribution in [3.8, 4) is 0 Å². The first kappa shape index (κ1) is 13.6. The maximum Gasteiger partial charge on any atom is 0.306 e. The molecule has 1 aromatic carbocycles. The van der Waals surface area contributed by atoms with Gasteiger partial charge in [-0.15, -0.1) is 0 Å². The summed E-state index contributed by atoms with van der Waals surface area (Å²) in [6, 6.07) is 8.54. The number of carbonyl (C=O) groups is 1. The van der Waals surface area contributed by atoms with Crippen molar-refractivity contribution in [3.63, 3.8) is 0 Å². The molecule has 1 spiro atoms. The largest absolute Gasteiger partial charge is 0.466 e. The van der Waals surface area contributed by atoms with Crippen molar-refractivity contribution in [2.45, 2.75) is 51.2 Å². The zero-order valence-electron chi connectivity index (χ0n) is 12.1. The van der Waals surface area contributed by atoms with E-state index in [1.165, 1.54) is 11.1 Å². The molecule has 3 nitrogen and oxygen atoms in total. The predicted octanol–water partition coefficient (Wildman–Crippen LogP) is 3.56. The Morgan fingerprint density at radius 1 is 1.35 bits per heavy atom. The van der Waals surface area contributed by atoms with Crippen LogP contribution in [-0.2, 0) is 26.5 Å². The smallest absolute Gasteiger partial charge is 0.306 e. The van der Waals surface area contributed by atoms with Crippen LogP contribution in [0.4, 0.5) is 0 Å². The van der Waals surface area contributed by atoms with Gasteiger partial charge in [0.2, 0.25) is 0 Å². The highest BCUT2D eigenvalue weighted by Crippen LogP contribution is 2.48. The first-order valence-electron chi connectivity index (χ1n) is 7.61. The molecule has 2 aliphatic rings. The maximum absolute atomic E-state index is 11.6. The topological polar surface area (TPSA) is 35.5 Å². The Morgan fingerprint density at radius 3 is 2.85 bits per heavy atom. The number of fused-ring (bicyclic) bond motifs is 2. The fourth-order valence-electron chi connectivity index (χ4n) is 3.60. The molecule has 0 radical (unpaired) electrons. The van der Waals surface area contributed by atoms with E-state index in [1.54, 1.807) is 0 Å². The number of ether oxygens (including phenoxy) is 2. The van der Waals surface area contributed by atoms with Gasteiger partial charge in [-0.1, -0.05) is 24.3 Å². The summed E-state index contributed by atoms with van der Waals surface area (Å²) in [5.74, 6) is 0.400. The summed E-state index contributed by atoms with van der Waals surface area (Å²) in [4.78, 5) is 11.6. The van der Waals surface area contributed by atoms with Gasteiger partial charge in [0.25, 0.3) is 0 Å². The van der Waals surface area contributed by atoms with Crippen LogP contribution >= 0.6 is 0 Å². The summed E-state index contributed by atoms with van der Waals surface area (Å²) in [6.45, 7) is 3.07. The molecule has 0 atom stereocenters. The second-order valence-electron chi connectivity index (χ2n) is 5.89. The van der Waals surface area contributed by atoms with Gasteiger partial charge < -0.3 is 9.47 Å². The molecular formula is C17H22O3. The Labute approximate surface area is 120 Å². The summed E-state index contributed by atoms with van der Waals surface area (Å²) >= 11 is 0. The average Bonchev–Trinajstić information content (AvgIpc) is 2.82. The maximum atomic E-state index is 11.6. The molecule has 1 aliphatic heterocycles. The fraction of sp³-hybridized carbons (Fsp3) is 0.588. The molecule has 0 amide bonds. The Morgan fingerprint density at radius 2 is 2.10 bits per heavy atom. The summed E-state index contributed by atoms with van der Waals surface area (Å²) in [5.41, 5.74) is 2.62. The van der Waals surface area contributed by atoms with E-state index in [1.807, 2.05) is 6.92 Å². The van der Waals surface area contributed by atoms with Gasteiger partial charge in [0.15, 0.2) is 0 Å². The Kier molecular flexibility index (Phi) is 3.79. The summed E-state index contributed by atoms with van der Waals surface area (Å²) < 4.78 is 11.2. The molecule has 1 saturated carbocycles. The lowest BCUT2D eigenvalue weighted by molar-refractivity contribution is -0.145. The van der Waals surface area contributed by atoms with E-state index in [0.29, 0.717) is 18.9 Å². The second kappa shape index (κ2) is 5.57. The van der Waals surface area contributed by atoms with Gasteiger partial charge in [-0.2, -0.15) is 0 Å². The van der Waals surface area contributed by atoms with E-state index in [0.717, 1.165) is 32.3 Å². The van der Waals surface area contributed by atoms with Crippen LogP contribution in [0.2, 0.25) is 0 Å². The zero-order valence-corrected chi connectivity index (χ0v) is 12.1. The van der Waals surface area contributed by atoms with Gasteiger partial charge in [0, 0.05) is 6.42 Å². The van der Waals surface area contributed by atoms with E-state index in [4.69, 9.17) is 9.47 Å². The van der Waals surface area contributed by atoms with E-state index in [-0.39, 0.29) is 11.6 Å². The number of rotatable bonds is 3. The standard InChI is InChI=1S/C17H22O3/c1-2-19-16(18)11-13-7-9-17(10-8-13)15-6-4-3-5-14(15)12-20-17/h3-6,13H,2,7-12H2,1H3/t13-,17-. The highest BCUT2D eigenvalue weighted by molar-refractivity contribution is 5.69. The van der Waals surface area contributed by atoms with Gasteiger partial charge in [-0.25, -0.2) is 0 Å². The molecule has 0 bridgehead atoms. The van der Waals surface area contributed by atoms with E-state index >= 15 is 0 Å². The minimum atomic E-state index is -0.0816. The summed E-state index contributed by atoms with van der Waals surface area (Å²) in [7, 11) is 0. The summed E-state index contributed by atoms with van der Waals surface area (Å²) in [6.07, 6.45) is 4.70. The fourth-order valence-corrected chi connectivity index (χ4v) is 3.60. The highest BCUT2D eigenvalue weighted by Gasteiger charge is 2.42. The number of esters is 1. The molecule has 20 heavy (non-hydrogen) atoms. The molecule has 108 valence electrons. The first-order chi connectivity index (χ1) is 9.73. The molecule has 1 aliphatic carbocycles. The van der Waals surface area contributed by atoms with Gasteiger partial charge in [0.05, 0.1) is 18.8 Å². The van der Waals surface area contributed by atoms with Crippen molar-refractivity contribution >= 4 is 5.97 Å². The summed E-state index contributed by atoms with van der Waals surface area (Å²) in [5, 5.41) is 0. The molecule has 0 saturated heterocycles. The van der Waals surface area contributed by atoms with Gasteiger partial charge in [-0.05, 0) is 49.7 Å². The van der Waals surface area contributed by atoms with E-state index in [2.05, 4.69) is 24.3 Å². The molecule has 0 aromatic heterocycles. The lowest BCUT2D eigenvalue weighted by atomic mass is 9.74. The SMILES string of the molecule is CCOC(=O)C[C@H]1CC[C@@]2(CC1)OCc1ccccc12. The third kappa shape index (κ3) is 2.47. The molecule has 0 N–H and O–H groups in total. The monoisotopic (exact) mass is 274 g/mol. The van der Waals surface area contributed by atoms with Crippen LogP contribution in [-0.4, -0.2) is 12.6 Å². The first-order valence-corrected chi connectivity index (χ1v) is 7.61. The Hall–Kier alpha value is -1.35. The van der Waals surface area contributed by atoms with Crippen LogP contribution in [0.25, 0.3) is 0 Å². The Bertz CT molecular complexity index is 487. The predicted molar refractivity (Wildman–Crippen MR) is 76.1 cm³/mol. The average molecular weight is 274 g/mol. The minimum absolute atomic E-state index is 0.0545. The Balaban J connectivity index is 1.63. The molecule has 1 aromatic rings. The van der Waals surface area contributed by atoms with Gasteiger partial charge in [-0.3, -0.25) is 4.79 Å². The van der Waals surface area contributed by atoms with Gasteiger partial charge >= 0.3 is 5.97 Å². The lowest BCUT2D eigenvalue weighted by Crippen LogP contribution is -2.32. The highest BCUT2D eigenvalue weighted by atomic mass is 16.5. The molecule has 0 unspecified atom stereocenters. The van der Waals surface area contributed by atoms with Crippen molar-refractivity contribution in [2.24, 2.45) is 5.92 Å². The quantitative estimate of drug-likeness (QED) is 0.791.